The molecular formula is C13H20ClNO2. The van der Waals surface area contributed by atoms with Crippen molar-refractivity contribution in [1.29, 1.82) is 0 Å². The van der Waals surface area contributed by atoms with Gasteiger partial charge in [-0.3, -0.25) is 4.90 Å². The van der Waals surface area contributed by atoms with Gasteiger partial charge in [0, 0.05) is 31.8 Å². The summed E-state index contributed by atoms with van der Waals surface area (Å²) in [4.78, 5) is 2.23. The highest BCUT2D eigenvalue weighted by atomic mass is 35.5. The number of para-hydroxylation sites is 1. The molecule has 0 bridgehead atoms. The SMILES string of the molecule is COCCN(Cc1cccc(Cl)c1O)C(C)C. The average molecular weight is 258 g/mol. The summed E-state index contributed by atoms with van der Waals surface area (Å²) in [7, 11) is 1.69. The fourth-order valence-electron chi connectivity index (χ4n) is 1.63. The lowest BCUT2D eigenvalue weighted by molar-refractivity contribution is 0.124. The molecule has 1 rings (SSSR count). The first kappa shape index (κ1) is 14.3. The van der Waals surface area contributed by atoms with Gasteiger partial charge in [-0.05, 0) is 19.9 Å². The lowest BCUT2D eigenvalue weighted by Crippen LogP contribution is -2.33. The van der Waals surface area contributed by atoms with Crippen molar-refractivity contribution in [3.05, 3.63) is 28.8 Å². The second kappa shape index (κ2) is 6.84. The zero-order valence-electron chi connectivity index (χ0n) is 10.6. The lowest BCUT2D eigenvalue weighted by Gasteiger charge is -2.26. The molecule has 0 saturated carbocycles. The van der Waals surface area contributed by atoms with E-state index in [1.54, 1.807) is 13.2 Å². The van der Waals surface area contributed by atoms with Crippen molar-refractivity contribution < 1.29 is 9.84 Å². The minimum atomic E-state index is 0.178. The molecule has 0 saturated heterocycles. The van der Waals surface area contributed by atoms with Crippen molar-refractivity contribution in [2.24, 2.45) is 0 Å². The van der Waals surface area contributed by atoms with Crippen molar-refractivity contribution in [2.75, 3.05) is 20.3 Å². The molecule has 0 radical (unpaired) electrons. The summed E-state index contributed by atoms with van der Waals surface area (Å²) < 4.78 is 5.08. The Hall–Kier alpha value is -0.770. The Balaban J connectivity index is 2.75. The Labute approximate surface area is 108 Å². The van der Waals surface area contributed by atoms with E-state index in [9.17, 15) is 5.11 Å². The third-order valence-electron chi connectivity index (χ3n) is 2.76. The molecule has 1 N–H and O–H groups in total. The molecule has 4 heteroatoms. The lowest BCUT2D eigenvalue weighted by atomic mass is 10.1. The minimum Gasteiger partial charge on any atom is -0.506 e. The smallest absolute Gasteiger partial charge is 0.138 e. The molecule has 0 aliphatic heterocycles. The summed E-state index contributed by atoms with van der Waals surface area (Å²) in [5.41, 5.74) is 0.849. The largest absolute Gasteiger partial charge is 0.506 e. The number of phenols is 1. The van der Waals surface area contributed by atoms with Crippen molar-refractivity contribution >= 4 is 11.6 Å². The number of phenolic OH excluding ortho intramolecular Hbond substituents is 1. The molecule has 0 aliphatic carbocycles. The van der Waals surface area contributed by atoms with Crippen LogP contribution in [0.25, 0.3) is 0 Å². The topological polar surface area (TPSA) is 32.7 Å². The van der Waals surface area contributed by atoms with E-state index < -0.39 is 0 Å². The maximum atomic E-state index is 9.86. The van der Waals surface area contributed by atoms with Crippen LogP contribution in [0.4, 0.5) is 0 Å². The normalized spacial score (nSPS) is 11.4. The van der Waals surface area contributed by atoms with Gasteiger partial charge >= 0.3 is 0 Å². The van der Waals surface area contributed by atoms with Gasteiger partial charge in [0.15, 0.2) is 0 Å². The zero-order valence-corrected chi connectivity index (χ0v) is 11.4. The summed E-state index contributed by atoms with van der Waals surface area (Å²) in [6.45, 7) is 6.43. The number of aromatic hydroxyl groups is 1. The van der Waals surface area contributed by atoms with Crippen LogP contribution in [0.15, 0.2) is 18.2 Å². The first-order valence-electron chi connectivity index (χ1n) is 5.75. The van der Waals surface area contributed by atoms with Crippen LogP contribution in [0.2, 0.25) is 5.02 Å². The maximum Gasteiger partial charge on any atom is 0.138 e. The fraction of sp³-hybridized carbons (Fsp3) is 0.538. The maximum absolute atomic E-state index is 9.86. The van der Waals surface area contributed by atoms with Gasteiger partial charge in [0.05, 0.1) is 11.6 Å². The van der Waals surface area contributed by atoms with Gasteiger partial charge in [0.2, 0.25) is 0 Å². The van der Waals surface area contributed by atoms with Crippen LogP contribution in [-0.2, 0) is 11.3 Å². The van der Waals surface area contributed by atoms with Crippen molar-refractivity contribution in [1.82, 2.24) is 4.90 Å². The number of nitrogens with zero attached hydrogens (tertiary/aromatic N) is 1. The number of rotatable bonds is 6. The molecule has 3 nitrogen and oxygen atoms in total. The van der Waals surface area contributed by atoms with Gasteiger partial charge in [-0.1, -0.05) is 23.7 Å². The second-order valence-electron chi connectivity index (χ2n) is 4.30. The highest BCUT2D eigenvalue weighted by Gasteiger charge is 2.13. The van der Waals surface area contributed by atoms with Crippen LogP contribution in [0, 0.1) is 0 Å². The number of hydrogen-bond acceptors (Lipinski definition) is 3. The van der Waals surface area contributed by atoms with E-state index in [-0.39, 0.29) is 5.75 Å². The molecule has 0 heterocycles. The highest BCUT2D eigenvalue weighted by Crippen LogP contribution is 2.28. The minimum absolute atomic E-state index is 0.178. The molecule has 0 aromatic heterocycles. The summed E-state index contributed by atoms with van der Waals surface area (Å²) in [5.74, 6) is 0.178. The monoisotopic (exact) mass is 257 g/mol. The highest BCUT2D eigenvalue weighted by molar-refractivity contribution is 6.32. The van der Waals surface area contributed by atoms with Crippen LogP contribution >= 0.6 is 11.6 Å². The number of halogens is 1. The number of ether oxygens (including phenoxy) is 1. The Bertz CT molecular complexity index is 355. The van der Waals surface area contributed by atoms with E-state index in [2.05, 4.69) is 18.7 Å². The summed E-state index contributed by atoms with van der Waals surface area (Å²) >= 11 is 5.89. The van der Waals surface area contributed by atoms with E-state index >= 15 is 0 Å². The Kier molecular flexibility index (Phi) is 5.75. The van der Waals surface area contributed by atoms with E-state index in [0.717, 1.165) is 12.1 Å². The molecule has 1 aromatic rings. The van der Waals surface area contributed by atoms with Gasteiger partial charge in [-0.25, -0.2) is 0 Å². The van der Waals surface area contributed by atoms with E-state index in [1.165, 1.54) is 0 Å². The van der Waals surface area contributed by atoms with Crippen molar-refractivity contribution in [3.8, 4) is 5.75 Å². The molecule has 1 aromatic carbocycles. The first-order valence-corrected chi connectivity index (χ1v) is 6.13. The quantitative estimate of drug-likeness (QED) is 0.851. The molecule has 0 fully saturated rings. The predicted molar refractivity (Wildman–Crippen MR) is 70.5 cm³/mol. The second-order valence-corrected chi connectivity index (χ2v) is 4.71. The van der Waals surface area contributed by atoms with Crippen LogP contribution < -0.4 is 0 Å². The average Bonchev–Trinajstić information content (AvgIpc) is 2.29. The molecule has 96 valence electrons. The predicted octanol–water partition coefficient (Wildman–Crippen LogP) is 2.90. The number of methoxy groups -OCH3 is 1. The Morgan fingerprint density at radius 1 is 1.41 bits per heavy atom. The van der Waals surface area contributed by atoms with Crippen LogP contribution in [0.1, 0.15) is 19.4 Å². The standard InChI is InChI=1S/C13H20ClNO2/c1-10(2)15(7-8-17-3)9-11-5-4-6-12(14)13(11)16/h4-6,10,16H,7-9H2,1-3H3. The van der Waals surface area contributed by atoms with Crippen molar-refractivity contribution in [3.63, 3.8) is 0 Å². The van der Waals surface area contributed by atoms with E-state index in [1.807, 2.05) is 12.1 Å². The van der Waals surface area contributed by atoms with Gasteiger partial charge in [-0.15, -0.1) is 0 Å². The van der Waals surface area contributed by atoms with E-state index in [4.69, 9.17) is 16.3 Å². The van der Waals surface area contributed by atoms with Crippen molar-refractivity contribution in [2.45, 2.75) is 26.4 Å². The Morgan fingerprint density at radius 3 is 2.71 bits per heavy atom. The molecule has 0 unspecified atom stereocenters. The number of benzene rings is 1. The molecule has 0 amide bonds. The van der Waals surface area contributed by atoms with Gasteiger partial charge in [0.1, 0.15) is 5.75 Å². The molecular weight excluding hydrogens is 238 g/mol. The molecule has 0 atom stereocenters. The van der Waals surface area contributed by atoms with Crippen LogP contribution in [0.3, 0.4) is 0 Å². The molecule has 0 spiro atoms. The van der Waals surface area contributed by atoms with Crippen LogP contribution in [0.5, 0.6) is 5.75 Å². The van der Waals surface area contributed by atoms with Gasteiger partial charge < -0.3 is 9.84 Å². The summed E-state index contributed by atoms with van der Waals surface area (Å²) in [6, 6.07) is 5.83. The first-order chi connectivity index (χ1) is 8.06. The van der Waals surface area contributed by atoms with Gasteiger partial charge in [0.25, 0.3) is 0 Å². The molecule has 17 heavy (non-hydrogen) atoms. The Morgan fingerprint density at radius 2 is 2.12 bits per heavy atom. The van der Waals surface area contributed by atoms with E-state index in [0.29, 0.717) is 24.2 Å². The zero-order chi connectivity index (χ0) is 12.8. The third kappa shape index (κ3) is 4.19. The molecule has 0 aliphatic rings. The van der Waals surface area contributed by atoms with Crippen LogP contribution in [-0.4, -0.2) is 36.3 Å². The fourth-order valence-corrected chi connectivity index (χ4v) is 1.83. The number of hydrogen-bond donors (Lipinski definition) is 1. The third-order valence-corrected chi connectivity index (χ3v) is 3.06. The summed E-state index contributed by atoms with van der Waals surface area (Å²) in [5, 5.41) is 10.3. The summed E-state index contributed by atoms with van der Waals surface area (Å²) in [6.07, 6.45) is 0. The van der Waals surface area contributed by atoms with Gasteiger partial charge in [-0.2, -0.15) is 0 Å².